The van der Waals surface area contributed by atoms with E-state index in [2.05, 4.69) is 9.98 Å². The van der Waals surface area contributed by atoms with E-state index in [1.807, 2.05) is 24.3 Å². The molecule has 2 rings (SSSR count). The van der Waals surface area contributed by atoms with Crippen LogP contribution in [0.2, 0.25) is 0 Å². The largest absolute Gasteiger partial charge is 0.496 e. The first-order valence-electron chi connectivity index (χ1n) is 5.02. The van der Waals surface area contributed by atoms with Crippen LogP contribution in [0.25, 0.3) is 11.3 Å². The first-order valence-corrected chi connectivity index (χ1v) is 5.02. The first kappa shape index (κ1) is 11.0. The molecule has 4 heteroatoms. The molecule has 0 saturated carbocycles. The molecule has 0 amide bonds. The lowest BCUT2D eigenvalue weighted by Crippen LogP contribution is -1.89. The number of methoxy groups -OCH3 is 1. The second kappa shape index (κ2) is 5.05. The van der Waals surface area contributed by atoms with E-state index in [0.29, 0.717) is 5.69 Å². The molecule has 0 spiro atoms. The Bertz CT molecular complexity index is 558. The zero-order valence-electron chi connectivity index (χ0n) is 9.25. The summed E-state index contributed by atoms with van der Waals surface area (Å²) in [7, 11) is 1.61. The lowest BCUT2D eigenvalue weighted by atomic mass is 10.1. The molecule has 0 bridgehead atoms. The molecule has 1 aromatic heterocycles. The van der Waals surface area contributed by atoms with Crippen LogP contribution < -0.4 is 4.74 Å². The number of para-hydroxylation sites is 1. The minimum Gasteiger partial charge on any atom is -0.496 e. The van der Waals surface area contributed by atoms with Gasteiger partial charge >= 0.3 is 0 Å². The van der Waals surface area contributed by atoms with Crippen molar-refractivity contribution in [2.45, 2.75) is 0 Å². The van der Waals surface area contributed by atoms with Crippen molar-refractivity contribution in [2.75, 3.05) is 7.11 Å². The van der Waals surface area contributed by atoms with Gasteiger partial charge in [-0.2, -0.15) is 4.99 Å². The number of hydrogen-bond donors (Lipinski definition) is 0. The minimum absolute atomic E-state index is 0.485. The van der Waals surface area contributed by atoms with E-state index in [1.165, 1.54) is 12.3 Å². The molecule has 0 unspecified atom stereocenters. The van der Waals surface area contributed by atoms with Gasteiger partial charge in [0.15, 0.2) is 0 Å². The lowest BCUT2D eigenvalue weighted by molar-refractivity contribution is 0.416. The number of rotatable bonds is 3. The van der Waals surface area contributed by atoms with Gasteiger partial charge in [0.1, 0.15) is 5.75 Å². The highest BCUT2D eigenvalue weighted by molar-refractivity contribution is 5.68. The predicted octanol–water partition coefficient (Wildman–Crippen LogP) is 2.72. The van der Waals surface area contributed by atoms with E-state index in [0.717, 1.165) is 17.0 Å². The van der Waals surface area contributed by atoms with Crippen LogP contribution in [0.4, 0.5) is 5.69 Å². The third-order valence-corrected chi connectivity index (χ3v) is 2.31. The second-order valence-electron chi connectivity index (χ2n) is 3.31. The molecule has 0 N–H and O–H groups in total. The summed E-state index contributed by atoms with van der Waals surface area (Å²) in [5.74, 6) is 0.756. The average Bonchev–Trinajstić information content (AvgIpc) is 2.40. The molecule has 0 saturated heterocycles. The molecule has 1 heterocycles. The minimum atomic E-state index is 0.485. The van der Waals surface area contributed by atoms with Crippen LogP contribution in [0.1, 0.15) is 0 Å². The third kappa shape index (κ3) is 2.38. The van der Waals surface area contributed by atoms with Gasteiger partial charge in [-0.3, -0.25) is 4.98 Å². The number of benzene rings is 1. The monoisotopic (exact) mass is 226 g/mol. The number of isocyanates is 1. The predicted molar refractivity (Wildman–Crippen MR) is 64.0 cm³/mol. The number of nitrogens with zero attached hydrogens (tertiary/aromatic N) is 2. The van der Waals surface area contributed by atoms with Gasteiger partial charge in [-0.05, 0) is 24.3 Å². The van der Waals surface area contributed by atoms with E-state index in [-0.39, 0.29) is 0 Å². The fourth-order valence-corrected chi connectivity index (χ4v) is 1.52. The number of aromatic nitrogens is 1. The van der Waals surface area contributed by atoms with Crippen LogP contribution in [0.5, 0.6) is 5.75 Å². The molecule has 0 aliphatic carbocycles. The van der Waals surface area contributed by atoms with Gasteiger partial charge in [0.25, 0.3) is 0 Å². The van der Waals surface area contributed by atoms with Gasteiger partial charge in [0.05, 0.1) is 24.7 Å². The van der Waals surface area contributed by atoms with Crippen LogP contribution >= 0.6 is 0 Å². The Hall–Kier alpha value is -2.45. The number of hydrogen-bond acceptors (Lipinski definition) is 4. The second-order valence-corrected chi connectivity index (χ2v) is 3.31. The van der Waals surface area contributed by atoms with Crippen molar-refractivity contribution in [1.29, 1.82) is 0 Å². The van der Waals surface area contributed by atoms with E-state index in [1.54, 1.807) is 19.2 Å². The van der Waals surface area contributed by atoms with Crippen molar-refractivity contribution in [3.8, 4) is 17.0 Å². The molecule has 0 radical (unpaired) electrons. The summed E-state index contributed by atoms with van der Waals surface area (Å²) in [6, 6.07) is 11.1. The standard InChI is InChI=1S/C13H10N2O2/c1-17-13-5-3-2-4-11(13)12-7-6-10(8-14-12)15-9-16/h2-8H,1H3. The average molecular weight is 226 g/mol. The molecular weight excluding hydrogens is 216 g/mol. The Kier molecular flexibility index (Phi) is 3.28. The summed E-state index contributed by atoms with van der Waals surface area (Å²) in [5.41, 5.74) is 2.16. The zero-order chi connectivity index (χ0) is 12.1. The Morgan fingerprint density at radius 2 is 2.06 bits per heavy atom. The molecule has 17 heavy (non-hydrogen) atoms. The van der Waals surface area contributed by atoms with Crippen LogP contribution in [0.3, 0.4) is 0 Å². The SMILES string of the molecule is COc1ccccc1-c1ccc(N=C=O)cn1. The summed E-state index contributed by atoms with van der Waals surface area (Å²) in [6.07, 6.45) is 3.00. The topological polar surface area (TPSA) is 51.5 Å². The highest BCUT2D eigenvalue weighted by Gasteiger charge is 2.05. The summed E-state index contributed by atoms with van der Waals surface area (Å²) in [4.78, 5) is 17.8. The highest BCUT2D eigenvalue weighted by Crippen LogP contribution is 2.28. The number of aliphatic imine (C=N–C) groups is 1. The van der Waals surface area contributed by atoms with Gasteiger partial charge in [-0.1, -0.05) is 12.1 Å². The quantitative estimate of drug-likeness (QED) is 0.597. The Balaban J connectivity index is 2.42. The van der Waals surface area contributed by atoms with Gasteiger partial charge < -0.3 is 4.74 Å². The van der Waals surface area contributed by atoms with Crippen LogP contribution in [0, 0.1) is 0 Å². The van der Waals surface area contributed by atoms with Crippen LogP contribution in [-0.2, 0) is 4.79 Å². The van der Waals surface area contributed by atoms with E-state index in [9.17, 15) is 4.79 Å². The fraction of sp³-hybridized carbons (Fsp3) is 0.0769. The van der Waals surface area contributed by atoms with Crippen LogP contribution in [-0.4, -0.2) is 18.2 Å². The Morgan fingerprint density at radius 1 is 1.24 bits per heavy atom. The number of carbonyl (C=O) groups excluding carboxylic acids is 1. The molecular formula is C13H10N2O2. The molecule has 2 aromatic rings. The van der Waals surface area contributed by atoms with Crippen molar-refractivity contribution in [3.05, 3.63) is 42.6 Å². The normalized spacial score (nSPS) is 9.47. The Morgan fingerprint density at radius 3 is 2.71 bits per heavy atom. The van der Waals surface area contributed by atoms with E-state index in [4.69, 9.17) is 4.74 Å². The molecule has 0 atom stereocenters. The zero-order valence-corrected chi connectivity index (χ0v) is 9.25. The lowest BCUT2D eigenvalue weighted by Gasteiger charge is -2.06. The maximum Gasteiger partial charge on any atom is 0.240 e. The third-order valence-electron chi connectivity index (χ3n) is 2.31. The maximum absolute atomic E-state index is 10.1. The van der Waals surface area contributed by atoms with Gasteiger partial charge in [-0.25, -0.2) is 4.79 Å². The maximum atomic E-state index is 10.1. The van der Waals surface area contributed by atoms with Gasteiger partial charge in [-0.15, -0.1) is 0 Å². The van der Waals surface area contributed by atoms with E-state index >= 15 is 0 Å². The van der Waals surface area contributed by atoms with Crippen molar-refractivity contribution in [3.63, 3.8) is 0 Å². The van der Waals surface area contributed by atoms with Crippen molar-refractivity contribution >= 4 is 11.8 Å². The summed E-state index contributed by atoms with van der Waals surface area (Å²) >= 11 is 0. The number of pyridine rings is 1. The van der Waals surface area contributed by atoms with Crippen molar-refractivity contribution in [2.24, 2.45) is 4.99 Å². The molecule has 0 fully saturated rings. The number of ether oxygens (including phenoxy) is 1. The molecule has 84 valence electrons. The smallest absolute Gasteiger partial charge is 0.240 e. The van der Waals surface area contributed by atoms with E-state index < -0.39 is 0 Å². The fourth-order valence-electron chi connectivity index (χ4n) is 1.52. The van der Waals surface area contributed by atoms with Crippen LogP contribution in [0.15, 0.2) is 47.6 Å². The molecule has 0 aliphatic rings. The molecule has 1 aromatic carbocycles. The molecule has 4 nitrogen and oxygen atoms in total. The highest BCUT2D eigenvalue weighted by atomic mass is 16.5. The summed E-state index contributed by atoms with van der Waals surface area (Å²) in [6.45, 7) is 0. The summed E-state index contributed by atoms with van der Waals surface area (Å²) in [5, 5.41) is 0. The van der Waals surface area contributed by atoms with Crippen molar-refractivity contribution in [1.82, 2.24) is 4.98 Å². The first-order chi connectivity index (χ1) is 8.35. The summed E-state index contributed by atoms with van der Waals surface area (Å²) < 4.78 is 5.25. The molecule has 0 aliphatic heterocycles. The van der Waals surface area contributed by atoms with Gasteiger partial charge in [0.2, 0.25) is 6.08 Å². The Labute approximate surface area is 98.6 Å². The van der Waals surface area contributed by atoms with Gasteiger partial charge in [0, 0.05) is 5.56 Å². The van der Waals surface area contributed by atoms with Crippen molar-refractivity contribution < 1.29 is 9.53 Å².